The van der Waals surface area contributed by atoms with Crippen molar-refractivity contribution in [1.82, 2.24) is 5.32 Å². The first-order chi connectivity index (χ1) is 15.3. The summed E-state index contributed by atoms with van der Waals surface area (Å²) < 4.78 is 12.9. The van der Waals surface area contributed by atoms with Crippen LogP contribution in [0, 0.1) is 5.92 Å². The number of nitrogens with one attached hydrogen (secondary N) is 1. The number of carbonyl (C=O) groups excluding carboxylic acids is 2. The van der Waals surface area contributed by atoms with Crippen LogP contribution >= 0.6 is 0 Å². The van der Waals surface area contributed by atoms with Crippen LogP contribution in [0.5, 0.6) is 0 Å². The molecule has 2 N–H and O–H groups in total. The van der Waals surface area contributed by atoms with Crippen LogP contribution in [0.3, 0.4) is 0 Å². The van der Waals surface area contributed by atoms with Gasteiger partial charge in [-0.05, 0) is 17.2 Å². The second-order valence-corrected chi connectivity index (χ2v) is 8.02. The molecule has 0 saturated heterocycles. The van der Waals surface area contributed by atoms with E-state index in [1.165, 1.54) is 0 Å². The topological polar surface area (TPSA) is 105 Å². The number of Topliss-reactive ketones (excluding diaryl/α,β-unsaturated/α-hetero) is 1. The molecule has 7 nitrogen and oxygen atoms in total. The molecule has 1 heterocycles. The van der Waals surface area contributed by atoms with E-state index in [4.69, 9.17) is 9.94 Å². The van der Waals surface area contributed by atoms with Gasteiger partial charge in [0.25, 0.3) is 5.91 Å². The predicted molar refractivity (Wildman–Crippen MR) is 117 cm³/mol. The third-order valence-electron chi connectivity index (χ3n) is 5.57. The highest BCUT2D eigenvalue weighted by Gasteiger charge is 2.50. The zero-order valence-electron chi connectivity index (χ0n) is 17.9. The summed E-state index contributed by atoms with van der Waals surface area (Å²) >= 11 is 0. The Morgan fingerprint density at radius 3 is 2.38 bits per heavy atom. The summed E-state index contributed by atoms with van der Waals surface area (Å²) in [7, 11) is 0. The van der Waals surface area contributed by atoms with Gasteiger partial charge in [0.1, 0.15) is 12.7 Å². The maximum Gasteiger partial charge on any atom is 0.305 e. The van der Waals surface area contributed by atoms with E-state index in [0.29, 0.717) is 5.71 Å². The van der Waals surface area contributed by atoms with Crippen molar-refractivity contribution in [3.05, 3.63) is 60.2 Å². The Hall–Kier alpha value is -3.55. The molecule has 0 aliphatic carbocycles. The predicted octanol–water partition coefficient (Wildman–Crippen LogP) is 3.37. The maximum atomic E-state index is 13.1. The Morgan fingerprint density at radius 2 is 1.75 bits per heavy atom. The molecule has 2 aromatic rings. The van der Waals surface area contributed by atoms with Crippen LogP contribution in [-0.4, -0.2) is 46.8 Å². The number of hydrogen-bond donors (Lipinski definition) is 2. The van der Waals surface area contributed by atoms with Crippen molar-refractivity contribution in [2.45, 2.75) is 38.3 Å². The lowest BCUT2D eigenvalue weighted by atomic mass is 9.83. The molecule has 0 spiro atoms. The molecule has 32 heavy (non-hydrogen) atoms. The van der Waals surface area contributed by atoms with Crippen LogP contribution in [0.15, 0.2) is 59.8 Å². The van der Waals surface area contributed by atoms with Crippen molar-refractivity contribution in [3.63, 3.8) is 0 Å². The van der Waals surface area contributed by atoms with Crippen LogP contribution in [0.4, 0.5) is 4.39 Å². The van der Waals surface area contributed by atoms with Crippen LogP contribution in [0.25, 0.3) is 11.1 Å². The lowest BCUT2D eigenvalue weighted by molar-refractivity contribution is -0.152. The Bertz CT molecular complexity index is 1040. The molecule has 1 aliphatic rings. The van der Waals surface area contributed by atoms with Gasteiger partial charge in [0, 0.05) is 17.9 Å². The summed E-state index contributed by atoms with van der Waals surface area (Å²) in [6.07, 6.45) is -0.589. The zero-order chi connectivity index (χ0) is 23.3. The van der Waals surface area contributed by atoms with E-state index < -0.39 is 42.4 Å². The minimum Gasteiger partial charge on any atom is -0.481 e. The minimum absolute atomic E-state index is 0.123. The first-order valence-electron chi connectivity index (χ1n) is 10.3. The molecule has 0 bridgehead atoms. The number of carboxylic acids is 1. The summed E-state index contributed by atoms with van der Waals surface area (Å²) in [5.74, 6) is -3.38. The molecule has 1 aliphatic heterocycles. The van der Waals surface area contributed by atoms with Crippen molar-refractivity contribution in [1.29, 1.82) is 0 Å². The van der Waals surface area contributed by atoms with Crippen LogP contribution in [0.1, 0.15) is 32.3 Å². The third-order valence-corrected chi connectivity index (χ3v) is 5.57. The fourth-order valence-corrected chi connectivity index (χ4v) is 3.60. The largest absolute Gasteiger partial charge is 0.481 e. The Morgan fingerprint density at radius 1 is 1.09 bits per heavy atom. The summed E-state index contributed by atoms with van der Waals surface area (Å²) in [6, 6.07) is 16.0. The molecule has 0 radical (unpaired) electrons. The molecular weight excluding hydrogens is 415 g/mol. The molecule has 1 amide bonds. The Labute approximate surface area is 185 Å². The molecule has 8 heteroatoms. The highest BCUT2D eigenvalue weighted by atomic mass is 19.1. The number of oxime groups is 1. The van der Waals surface area contributed by atoms with Crippen molar-refractivity contribution in [2.75, 3.05) is 6.67 Å². The average molecular weight is 440 g/mol. The lowest BCUT2D eigenvalue weighted by Crippen LogP contribution is -2.55. The van der Waals surface area contributed by atoms with E-state index in [9.17, 15) is 18.8 Å². The first kappa shape index (κ1) is 23.1. The number of carboxylic acid groups (broad SMARTS) is 1. The Balaban J connectivity index is 1.83. The Kier molecular flexibility index (Phi) is 7.02. The number of aliphatic carboxylic acids is 1. The third kappa shape index (κ3) is 4.85. The SMILES string of the molecule is CC(C)[C@@]1(C(=O)N[C@@H](CC(=O)O)C(=O)CF)CC(c2cccc(-c3ccccc3)c2)=NO1. The van der Waals surface area contributed by atoms with Crippen LogP contribution in [0.2, 0.25) is 0 Å². The fraction of sp³-hybridized carbons (Fsp3) is 0.333. The fourth-order valence-electron chi connectivity index (χ4n) is 3.60. The molecule has 2 atom stereocenters. The van der Waals surface area contributed by atoms with E-state index in [1.54, 1.807) is 13.8 Å². The monoisotopic (exact) mass is 440 g/mol. The molecule has 0 saturated carbocycles. The van der Waals surface area contributed by atoms with Gasteiger partial charge < -0.3 is 15.3 Å². The number of benzene rings is 2. The standard InChI is InChI=1S/C24H25FN2O5/c1-15(2)24(23(31)26-19(12-22(29)30)21(28)14-25)13-20(27-32-24)18-10-6-9-17(11-18)16-7-4-3-5-8-16/h3-11,15,19H,12-14H2,1-2H3,(H,26,31)(H,29,30)/t19-,24+/m0/s1. The summed E-state index contributed by atoms with van der Waals surface area (Å²) in [6.45, 7) is 2.16. The average Bonchev–Trinajstić information content (AvgIpc) is 3.25. The van der Waals surface area contributed by atoms with Gasteiger partial charge in [0.2, 0.25) is 5.60 Å². The second kappa shape index (κ2) is 9.72. The molecule has 3 rings (SSSR count). The lowest BCUT2D eigenvalue weighted by Gasteiger charge is -2.30. The number of nitrogens with zero attached hydrogens (tertiary/aromatic N) is 1. The molecule has 2 aromatic carbocycles. The summed E-state index contributed by atoms with van der Waals surface area (Å²) in [5, 5.41) is 15.5. The first-order valence-corrected chi connectivity index (χ1v) is 10.3. The van der Waals surface area contributed by atoms with E-state index in [1.807, 2.05) is 54.6 Å². The van der Waals surface area contributed by atoms with Crippen molar-refractivity contribution >= 4 is 23.4 Å². The van der Waals surface area contributed by atoms with Gasteiger partial charge in [-0.1, -0.05) is 67.5 Å². The number of hydrogen-bond acceptors (Lipinski definition) is 5. The molecule has 0 fully saturated rings. The molecule has 0 aromatic heterocycles. The highest BCUT2D eigenvalue weighted by molar-refractivity contribution is 6.06. The van der Waals surface area contributed by atoms with Gasteiger partial charge in [-0.2, -0.15) is 0 Å². The van der Waals surface area contributed by atoms with Crippen LogP contribution < -0.4 is 5.32 Å². The van der Waals surface area contributed by atoms with Gasteiger partial charge in [-0.25, -0.2) is 4.39 Å². The second-order valence-electron chi connectivity index (χ2n) is 8.02. The molecule has 168 valence electrons. The van der Waals surface area contributed by atoms with Crippen molar-refractivity contribution in [2.24, 2.45) is 11.1 Å². The number of ketones is 1. The number of halogens is 1. The summed E-state index contributed by atoms with van der Waals surface area (Å²) in [4.78, 5) is 41.6. The number of rotatable bonds is 9. The number of amides is 1. The zero-order valence-corrected chi connectivity index (χ0v) is 17.9. The molecular formula is C24H25FN2O5. The maximum absolute atomic E-state index is 13.1. The van der Waals surface area contributed by atoms with E-state index in [-0.39, 0.29) is 12.3 Å². The van der Waals surface area contributed by atoms with Crippen molar-refractivity contribution < 1.29 is 28.7 Å². The highest BCUT2D eigenvalue weighted by Crippen LogP contribution is 2.35. The van der Waals surface area contributed by atoms with Gasteiger partial charge >= 0.3 is 5.97 Å². The van der Waals surface area contributed by atoms with Gasteiger partial charge in [0.15, 0.2) is 5.78 Å². The van der Waals surface area contributed by atoms with E-state index >= 15 is 0 Å². The van der Waals surface area contributed by atoms with Crippen molar-refractivity contribution in [3.8, 4) is 11.1 Å². The van der Waals surface area contributed by atoms with E-state index in [2.05, 4.69) is 10.5 Å². The smallest absolute Gasteiger partial charge is 0.305 e. The van der Waals surface area contributed by atoms with Gasteiger partial charge in [0.05, 0.1) is 12.1 Å². The van der Waals surface area contributed by atoms with E-state index in [0.717, 1.165) is 16.7 Å². The summed E-state index contributed by atoms with van der Waals surface area (Å²) in [5.41, 5.74) is 1.91. The minimum atomic E-state index is -1.48. The van der Waals surface area contributed by atoms with Crippen LogP contribution in [-0.2, 0) is 19.2 Å². The van der Waals surface area contributed by atoms with Gasteiger partial charge in [-0.3, -0.25) is 14.4 Å². The number of alkyl halides is 1. The molecule has 0 unspecified atom stereocenters. The number of carbonyl (C=O) groups is 3. The normalized spacial score (nSPS) is 18.6. The van der Waals surface area contributed by atoms with Gasteiger partial charge in [-0.15, -0.1) is 0 Å². The quantitative estimate of drug-likeness (QED) is 0.622.